The Balaban J connectivity index is 1.97. The summed E-state index contributed by atoms with van der Waals surface area (Å²) in [4.78, 5) is 7.80. The zero-order valence-corrected chi connectivity index (χ0v) is 14.1. The van der Waals surface area contributed by atoms with Gasteiger partial charge < -0.3 is 9.72 Å². The van der Waals surface area contributed by atoms with E-state index in [1.165, 1.54) is 11.1 Å². The van der Waals surface area contributed by atoms with E-state index in [2.05, 4.69) is 36.0 Å². The lowest BCUT2D eigenvalue weighted by Crippen LogP contribution is -1.90. The molecule has 0 bridgehead atoms. The summed E-state index contributed by atoms with van der Waals surface area (Å²) in [5, 5.41) is 9.51. The van der Waals surface area contributed by atoms with Crippen LogP contribution in [0.25, 0.3) is 22.7 Å². The number of ether oxygens (including phenoxy) is 1. The molecule has 120 valence electrons. The van der Waals surface area contributed by atoms with Crippen molar-refractivity contribution in [3.63, 3.8) is 0 Å². The Morgan fingerprint density at radius 1 is 1.21 bits per heavy atom. The van der Waals surface area contributed by atoms with E-state index < -0.39 is 0 Å². The van der Waals surface area contributed by atoms with Crippen LogP contribution in [-0.4, -0.2) is 16.6 Å². The van der Waals surface area contributed by atoms with Crippen LogP contribution in [0.1, 0.15) is 29.4 Å². The Morgan fingerprint density at radius 2 is 1.92 bits per heavy atom. The van der Waals surface area contributed by atoms with E-state index in [9.17, 15) is 5.26 Å². The van der Waals surface area contributed by atoms with Gasteiger partial charge in [-0.25, -0.2) is 4.98 Å². The Labute approximate surface area is 141 Å². The maximum absolute atomic E-state index is 9.51. The predicted molar refractivity (Wildman–Crippen MR) is 96.7 cm³/mol. The molecule has 3 aromatic rings. The van der Waals surface area contributed by atoms with E-state index >= 15 is 0 Å². The van der Waals surface area contributed by atoms with Crippen molar-refractivity contribution in [3.05, 3.63) is 58.9 Å². The highest BCUT2D eigenvalue weighted by atomic mass is 16.5. The van der Waals surface area contributed by atoms with Gasteiger partial charge in [-0.1, -0.05) is 12.1 Å². The fourth-order valence-electron chi connectivity index (χ4n) is 2.54. The Morgan fingerprint density at radius 3 is 2.58 bits per heavy atom. The summed E-state index contributed by atoms with van der Waals surface area (Å²) in [5.41, 5.74) is 5.65. The summed E-state index contributed by atoms with van der Waals surface area (Å²) in [6, 6.07) is 14.0. The summed E-state index contributed by atoms with van der Waals surface area (Å²) in [6.45, 7) is 6.71. The van der Waals surface area contributed by atoms with Crippen LogP contribution in [0, 0.1) is 25.2 Å². The minimum Gasteiger partial charge on any atom is -0.494 e. The van der Waals surface area contributed by atoms with Gasteiger partial charge in [-0.15, -0.1) is 0 Å². The maximum Gasteiger partial charge on any atom is 0.149 e. The van der Waals surface area contributed by atoms with Crippen molar-refractivity contribution in [3.8, 4) is 11.8 Å². The lowest BCUT2D eigenvalue weighted by molar-refractivity contribution is 0.340. The number of H-pyrrole nitrogens is 1. The summed E-state index contributed by atoms with van der Waals surface area (Å²) >= 11 is 0. The molecule has 0 aliphatic carbocycles. The van der Waals surface area contributed by atoms with Crippen LogP contribution in [0.15, 0.2) is 36.4 Å². The molecule has 0 atom stereocenters. The van der Waals surface area contributed by atoms with Crippen LogP contribution >= 0.6 is 0 Å². The molecule has 2 aromatic carbocycles. The van der Waals surface area contributed by atoms with Crippen LogP contribution in [0.3, 0.4) is 0 Å². The molecule has 0 unspecified atom stereocenters. The Bertz CT molecular complexity index is 904. The molecule has 0 saturated heterocycles. The number of hydrogen-bond donors (Lipinski definition) is 1. The average Bonchev–Trinajstić information content (AvgIpc) is 2.97. The second-order valence-electron chi connectivity index (χ2n) is 5.71. The summed E-state index contributed by atoms with van der Waals surface area (Å²) in [6.07, 6.45) is 1.83. The summed E-state index contributed by atoms with van der Waals surface area (Å²) in [7, 11) is 0. The first kappa shape index (κ1) is 15.8. The molecule has 1 aromatic heterocycles. The first-order valence-electron chi connectivity index (χ1n) is 7.92. The number of benzene rings is 2. The number of nitriles is 1. The molecule has 0 amide bonds. The van der Waals surface area contributed by atoms with Gasteiger partial charge >= 0.3 is 0 Å². The number of nitrogens with zero attached hydrogens (tertiary/aromatic N) is 2. The van der Waals surface area contributed by atoms with Crippen LogP contribution < -0.4 is 4.74 Å². The third-order valence-corrected chi connectivity index (χ3v) is 3.98. The highest BCUT2D eigenvalue weighted by Gasteiger charge is 2.09. The molecule has 4 heteroatoms. The summed E-state index contributed by atoms with van der Waals surface area (Å²) in [5.74, 6) is 1.41. The number of aromatic nitrogens is 2. The smallest absolute Gasteiger partial charge is 0.149 e. The van der Waals surface area contributed by atoms with Crippen molar-refractivity contribution < 1.29 is 4.74 Å². The molecule has 1 N–H and O–H groups in total. The Hall–Kier alpha value is -3.06. The van der Waals surface area contributed by atoms with Crippen LogP contribution in [-0.2, 0) is 0 Å². The fraction of sp³-hybridized carbons (Fsp3) is 0.200. The van der Waals surface area contributed by atoms with Gasteiger partial charge in [-0.3, -0.25) is 0 Å². The van der Waals surface area contributed by atoms with Crippen molar-refractivity contribution in [2.75, 3.05) is 6.61 Å². The standard InChI is InChI=1S/C20H19N3O/c1-4-24-17-7-5-15(6-8-17)11-16(12-21)20-22-18-9-13(2)14(3)10-19(18)23-20/h5-11H,4H2,1-3H3,(H,22,23)/b16-11+. The van der Waals surface area contributed by atoms with Gasteiger partial charge in [-0.2, -0.15) is 5.26 Å². The number of aryl methyl sites for hydroxylation is 2. The molecular weight excluding hydrogens is 298 g/mol. The fourth-order valence-corrected chi connectivity index (χ4v) is 2.54. The molecule has 0 aliphatic heterocycles. The molecule has 0 radical (unpaired) electrons. The van der Waals surface area contributed by atoms with E-state index in [4.69, 9.17) is 4.74 Å². The number of fused-ring (bicyclic) bond motifs is 1. The van der Waals surface area contributed by atoms with Gasteiger partial charge in [0.2, 0.25) is 0 Å². The van der Waals surface area contributed by atoms with Crippen molar-refractivity contribution in [2.45, 2.75) is 20.8 Å². The SMILES string of the molecule is CCOc1ccc(/C=C(\C#N)c2nc3cc(C)c(C)cc3[nH]2)cc1. The lowest BCUT2D eigenvalue weighted by Gasteiger charge is -2.02. The third kappa shape index (κ3) is 3.16. The molecule has 0 saturated carbocycles. The normalized spacial score (nSPS) is 11.5. The third-order valence-electron chi connectivity index (χ3n) is 3.98. The number of rotatable bonds is 4. The molecule has 0 spiro atoms. The molecule has 1 heterocycles. The van der Waals surface area contributed by atoms with Crippen molar-refractivity contribution in [1.29, 1.82) is 5.26 Å². The van der Waals surface area contributed by atoms with Gasteiger partial charge in [0, 0.05) is 0 Å². The molecule has 24 heavy (non-hydrogen) atoms. The molecular formula is C20H19N3O. The first-order chi connectivity index (χ1) is 11.6. The minimum atomic E-state index is 0.505. The minimum absolute atomic E-state index is 0.505. The topological polar surface area (TPSA) is 61.7 Å². The van der Waals surface area contributed by atoms with Gasteiger partial charge in [0.1, 0.15) is 17.6 Å². The highest BCUT2D eigenvalue weighted by Crippen LogP contribution is 2.22. The second kappa shape index (κ2) is 6.59. The number of aromatic amines is 1. The Kier molecular flexibility index (Phi) is 4.35. The second-order valence-corrected chi connectivity index (χ2v) is 5.71. The van der Waals surface area contributed by atoms with E-state index in [0.29, 0.717) is 18.0 Å². The van der Waals surface area contributed by atoms with Crippen molar-refractivity contribution in [1.82, 2.24) is 9.97 Å². The number of nitrogens with one attached hydrogen (secondary N) is 1. The van der Waals surface area contributed by atoms with E-state index in [1.807, 2.05) is 43.3 Å². The molecule has 4 nitrogen and oxygen atoms in total. The van der Waals surface area contributed by atoms with E-state index in [0.717, 1.165) is 22.3 Å². The van der Waals surface area contributed by atoms with E-state index in [-0.39, 0.29) is 0 Å². The van der Waals surface area contributed by atoms with Crippen molar-refractivity contribution >= 4 is 22.7 Å². The van der Waals surface area contributed by atoms with Crippen LogP contribution in [0.2, 0.25) is 0 Å². The van der Waals surface area contributed by atoms with Crippen LogP contribution in [0.5, 0.6) is 5.75 Å². The summed E-state index contributed by atoms with van der Waals surface area (Å²) < 4.78 is 5.43. The monoisotopic (exact) mass is 317 g/mol. The highest BCUT2D eigenvalue weighted by molar-refractivity contribution is 5.90. The first-order valence-corrected chi connectivity index (χ1v) is 7.92. The zero-order chi connectivity index (χ0) is 17.1. The van der Waals surface area contributed by atoms with Gasteiger partial charge in [0.05, 0.1) is 23.2 Å². The zero-order valence-electron chi connectivity index (χ0n) is 14.1. The largest absolute Gasteiger partial charge is 0.494 e. The lowest BCUT2D eigenvalue weighted by atomic mass is 10.1. The average molecular weight is 317 g/mol. The quantitative estimate of drug-likeness (QED) is 0.713. The number of hydrogen-bond acceptors (Lipinski definition) is 3. The maximum atomic E-state index is 9.51. The van der Waals surface area contributed by atoms with Gasteiger partial charge in [0.15, 0.2) is 0 Å². The molecule has 0 fully saturated rings. The van der Waals surface area contributed by atoms with Crippen molar-refractivity contribution in [2.24, 2.45) is 0 Å². The number of imidazole rings is 1. The molecule has 3 rings (SSSR count). The van der Waals surface area contributed by atoms with E-state index in [1.54, 1.807) is 0 Å². The van der Waals surface area contributed by atoms with Crippen LogP contribution in [0.4, 0.5) is 0 Å². The van der Waals surface area contributed by atoms with Gasteiger partial charge in [-0.05, 0) is 67.8 Å². The molecule has 0 aliphatic rings. The predicted octanol–water partition coefficient (Wildman–Crippen LogP) is 4.64. The van der Waals surface area contributed by atoms with Gasteiger partial charge in [0.25, 0.3) is 0 Å². The number of allylic oxidation sites excluding steroid dienone is 1.